The van der Waals surface area contributed by atoms with Crippen LogP contribution >= 0.6 is 11.6 Å². The molecule has 0 heterocycles. The van der Waals surface area contributed by atoms with Crippen molar-refractivity contribution in [2.24, 2.45) is 0 Å². The van der Waals surface area contributed by atoms with Crippen LogP contribution in [0.4, 0.5) is 4.39 Å². The summed E-state index contributed by atoms with van der Waals surface area (Å²) in [7, 11) is 0. The van der Waals surface area contributed by atoms with Crippen LogP contribution in [0.15, 0.2) is 18.2 Å². The molecule has 0 aliphatic carbocycles. The van der Waals surface area contributed by atoms with Gasteiger partial charge in [0, 0.05) is 6.07 Å². The Hall–Kier alpha value is -1.27. The van der Waals surface area contributed by atoms with E-state index in [2.05, 4.69) is 0 Å². The van der Waals surface area contributed by atoms with Crippen LogP contribution in [0.1, 0.15) is 5.56 Å². The van der Waals surface area contributed by atoms with E-state index in [9.17, 15) is 4.39 Å². The number of nitrogens with zero attached hydrogens (tertiary/aromatic N) is 1. The summed E-state index contributed by atoms with van der Waals surface area (Å²) in [6.45, 7) is 0. The molecular formula is C8H5ClFNO. The van der Waals surface area contributed by atoms with Crippen molar-refractivity contribution in [2.75, 3.05) is 6.07 Å². The van der Waals surface area contributed by atoms with Crippen LogP contribution in [0.5, 0.6) is 5.75 Å². The van der Waals surface area contributed by atoms with Gasteiger partial charge in [-0.25, -0.2) is 4.39 Å². The predicted molar refractivity (Wildman–Crippen MR) is 42.5 cm³/mol. The lowest BCUT2D eigenvalue weighted by Gasteiger charge is -2.01. The predicted octanol–water partition coefficient (Wildman–Crippen LogP) is 2.27. The third kappa shape index (κ3) is 1.86. The molecule has 1 aromatic rings. The SMILES string of the molecule is N#Cc1ccc(OCCl)cc1F. The standard InChI is InChI=1S/C8H5ClFNO/c9-5-12-7-2-1-6(4-11)8(10)3-7/h1-3H,5H2. The fourth-order valence-electron chi connectivity index (χ4n) is 0.739. The Bertz CT molecular complexity index is 321. The normalized spacial score (nSPS) is 9.08. The molecule has 0 radical (unpaired) electrons. The first-order valence-electron chi connectivity index (χ1n) is 3.16. The van der Waals surface area contributed by atoms with Gasteiger partial charge >= 0.3 is 0 Å². The summed E-state index contributed by atoms with van der Waals surface area (Å²) in [5.74, 6) is -0.276. The minimum Gasteiger partial charge on any atom is -0.478 e. The zero-order valence-corrected chi connectivity index (χ0v) is 6.81. The number of nitriles is 1. The second kappa shape index (κ2) is 3.93. The van der Waals surface area contributed by atoms with E-state index in [1.165, 1.54) is 12.1 Å². The molecule has 2 nitrogen and oxygen atoms in total. The molecule has 0 unspecified atom stereocenters. The summed E-state index contributed by atoms with van der Waals surface area (Å²) >= 11 is 5.25. The zero-order valence-electron chi connectivity index (χ0n) is 6.05. The van der Waals surface area contributed by atoms with Gasteiger partial charge in [0.2, 0.25) is 0 Å². The Kier molecular flexibility index (Phi) is 2.89. The average molecular weight is 186 g/mol. The second-order valence-electron chi connectivity index (χ2n) is 2.01. The molecule has 0 spiro atoms. The van der Waals surface area contributed by atoms with Crippen LogP contribution < -0.4 is 4.74 Å². The number of hydrogen-bond acceptors (Lipinski definition) is 2. The highest BCUT2D eigenvalue weighted by Crippen LogP contribution is 2.15. The number of ether oxygens (including phenoxy) is 1. The molecule has 0 amide bonds. The molecule has 0 fully saturated rings. The maximum absolute atomic E-state index is 12.8. The van der Waals surface area contributed by atoms with Gasteiger partial charge in [-0.05, 0) is 12.1 Å². The minimum atomic E-state index is -0.597. The van der Waals surface area contributed by atoms with Crippen molar-refractivity contribution in [3.8, 4) is 11.8 Å². The monoisotopic (exact) mass is 185 g/mol. The second-order valence-corrected chi connectivity index (χ2v) is 2.23. The molecular weight excluding hydrogens is 181 g/mol. The quantitative estimate of drug-likeness (QED) is 0.663. The van der Waals surface area contributed by atoms with Gasteiger partial charge in [-0.2, -0.15) is 5.26 Å². The fourth-order valence-corrected chi connectivity index (χ4v) is 0.865. The Morgan fingerprint density at radius 2 is 2.33 bits per heavy atom. The Morgan fingerprint density at radius 3 is 2.83 bits per heavy atom. The first-order chi connectivity index (χ1) is 5.77. The van der Waals surface area contributed by atoms with E-state index in [0.717, 1.165) is 6.07 Å². The van der Waals surface area contributed by atoms with Gasteiger partial charge in [0.15, 0.2) is 6.07 Å². The smallest absolute Gasteiger partial charge is 0.162 e. The molecule has 0 atom stereocenters. The summed E-state index contributed by atoms with van der Waals surface area (Å²) in [4.78, 5) is 0. The van der Waals surface area contributed by atoms with Crippen molar-refractivity contribution in [2.45, 2.75) is 0 Å². The van der Waals surface area contributed by atoms with E-state index in [-0.39, 0.29) is 11.6 Å². The van der Waals surface area contributed by atoms with Gasteiger partial charge in [-0.15, -0.1) is 0 Å². The topological polar surface area (TPSA) is 33.0 Å². The first-order valence-corrected chi connectivity index (χ1v) is 3.70. The van der Waals surface area contributed by atoms with Crippen molar-refractivity contribution >= 4 is 11.6 Å². The van der Waals surface area contributed by atoms with E-state index in [1.54, 1.807) is 6.07 Å². The molecule has 62 valence electrons. The first kappa shape index (κ1) is 8.82. The number of alkyl halides is 1. The van der Waals surface area contributed by atoms with Crippen LogP contribution in [-0.4, -0.2) is 6.07 Å². The van der Waals surface area contributed by atoms with Crippen LogP contribution in [0.2, 0.25) is 0 Å². The fraction of sp³-hybridized carbons (Fsp3) is 0.125. The van der Waals surface area contributed by atoms with Crippen molar-refractivity contribution in [1.29, 1.82) is 5.26 Å². The van der Waals surface area contributed by atoms with E-state index < -0.39 is 5.82 Å². The van der Waals surface area contributed by atoms with Crippen molar-refractivity contribution < 1.29 is 9.13 Å². The third-order valence-corrected chi connectivity index (χ3v) is 1.39. The molecule has 0 saturated carbocycles. The highest BCUT2D eigenvalue weighted by atomic mass is 35.5. The van der Waals surface area contributed by atoms with E-state index >= 15 is 0 Å². The number of hydrogen-bond donors (Lipinski definition) is 0. The molecule has 4 heteroatoms. The molecule has 0 bridgehead atoms. The molecule has 0 saturated heterocycles. The molecule has 1 aromatic carbocycles. The molecule has 0 N–H and O–H groups in total. The van der Waals surface area contributed by atoms with E-state index in [4.69, 9.17) is 21.6 Å². The number of benzene rings is 1. The summed E-state index contributed by atoms with van der Waals surface area (Å²) in [5.41, 5.74) is -0.00285. The van der Waals surface area contributed by atoms with Crippen LogP contribution in [-0.2, 0) is 0 Å². The summed E-state index contributed by atoms with van der Waals surface area (Å²) in [6, 6.07) is 5.63. The zero-order chi connectivity index (χ0) is 8.97. The van der Waals surface area contributed by atoms with Crippen molar-refractivity contribution in [1.82, 2.24) is 0 Å². The average Bonchev–Trinajstić information content (AvgIpc) is 2.05. The van der Waals surface area contributed by atoms with Crippen LogP contribution in [0, 0.1) is 17.1 Å². The van der Waals surface area contributed by atoms with Gasteiger partial charge in [-0.3, -0.25) is 0 Å². The van der Waals surface area contributed by atoms with E-state index in [0.29, 0.717) is 5.75 Å². The maximum Gasteiger partial charge on any atom is 0.162 e. The van der Waals surface area contributed by atoms with Crippen LogP contribution in [0.3, 0.4) is 0 Å². The molecule has 0 aromatic heterocycles. The van der Waals surface area contributed by atoms with Crippen molar-refractivity contribution in [3.05, 3.63) is 29.6 Å². The Balaban J connectivity index is 2.96. The Morgan fingerprint density at radius 1 is 1.58 bits per heavy atom. The molecule has 12 heavy (non-hydrogen) atoms. The van der Waals surface area contributed by atoms with Gasteiger partial charge < -0.3 is 4.74 Å². The molecule has 0 aliphatic rings. The van der Waals surface area contributed by atoms with Crippen LogP contribution in [0.25, 0.3) is 0 Å². The molecule has 1 rings (SSSR count). The van der Waals surface area contributed by atoms with Gasteiger partial charge in [-0.1, -0.05) is 11.6 Å². The minimum absolute atomic E-state index is 0.00285. The van der Waals surface area contributed by atoms with Gasteiger partial charge in [0.05, 0.1) is 5.56 Å². The highest BCUT2D eigenvalue weighted by Gasteiger charge is 2.02. The number of halogens is 2. The highest BCUT2D eigenvalue weighted by molar-refractivity contribution is 6.17. The lowest BCUT2D eigenvalue weighted by molar-refractivity contribution is 0.385. The van der Waals surface area contributed by atoms with E-state index in [1.807, 2.05) is 0 Å². The van der Waals surface area contributed by atoms with Gasteiger partial charge in [0.1, 0.15) is 17.6 Å². The summed E-state index contributed by atoms with van der Waals surface area (Å²) in [6.07, 6.45) is 0. The lowest BCUT2D eigenvalue weighted by Crippen LogP contribution is -1.91. The maximum atomic E-state index is 12.8. The Labute approximate surface area is 74.1 Å². The van der Waals surface area contributed by atoms with Crippen molar-refractivity contribution in [3.63, 3.8) is 0 Å². The molecule has 0 aliphatic heterocycles. The summed E-state index contributed by atoms with van der Waals surface area (Å²) < 4.78 is 17.6. The number of rotatable bonds is 2. The largest absolute Gasteiger partial charge is 0.478 e. The summed E-state index contributed by atoms with van der Waals surface area (Å²) in [5, 5.41) is 8.38. The third-order valence-electron chi connectivity index (χ3n) is 1.28. The lowest BCUT2D eigenvalue weighted by atomic mass is 10.2. The van der Waals surface area contributed by atoms with Gasteiger partial charge in [0.25, 0.3) is 0 Å².